The molecule has 4 heteroatoms. The molecule has 1 amide bonds. The second kappa shape index (κ2) is 6.75. The molecule has 1 aliphatic heterocycles. The first kappa shape index (κ1) is 14.9. The van der Waals surface area contributed by atoms with Gasteiger partial charge < -0.3 is 15.4 Å². The number of ether oxygens (including phenoxy) is 1. The molecule has 110 valence electrons. The first-order valence-corrected chi connectivity index (χ1v) is 7.45. The summed E-state index contributed by atoms with van der Waals surface area (Å²) in [5.74, 6) is 0.961. The van der Waals surface area contributed by atoms with Crippen LogP contribution in [0.1, 0.15) is 38.7 Å². The number of benzene rings is 1. The zero-order chi connectivity index (χ0) is 14.4. The third-order valence-corrected chi connectivity index (χ3v) is 3.94. The second-order valence-electron chi connectivity index (χ2n) is 5.23. The van der Waals surface area contributed by atoms with Crippen LogP contribution in [0.4, 0.5) is 0 Å². The van der Waals surface area contributed by atoms with Crippen molar-refractivity contribution < 1.29 is 9.53 Å². The normalized spacial score (nSPS) is 21.7. The van der Waals surface area contributed by atoms with E-state index in [2.05, 4.69) is 17.6 Å². The maximum absolute atomic E-state index is 12.4. The molecule has 2 rings (SSSR count). The molecule has 1 heterocycles. The SMILES string of the molecule is CCOc1cccc(CNC(=O)C2(CC)CCCN2)c1. The van der Waals surface area contributed by atoms with E-state index in [0.29, 0.717) is 13.2 Å². The Kier molecular flexibility index (Phi) is 5.01. The lowest BCUT2D eigenvalue weighted by Gasteiger charge is -2.26. The molecule has 20 heavy (non-hydrogen) atoms. The quantitative estimate of drug-likeness (QED) is 0.837. The summed E-state index contributed by atoms with van der Waals surface area (Å²) in [6.45, 7) is 6.15. The van der Waals surface area contributed by atoms with E-state index in [0.717, 1.165) is 37.1 Å². The zero-order valence-electron chi connectivity index (χ0n) is 12.4. The highest BCUT2D eigenvalue weighted by Gasteiger charge is 2.38. The Labute approximate surface area is 120 Å². The molecular weight excluding hydrogens is 252 g/mol. The molecule has 2 N–H and O–H groups in total. The molecule has 4 nitrogen and oxygen atoms in total. The Morgan fingerprint density at radius 3 is 2.95 bits per heavy atom. The molecule has 0 radical (unpaired) electrons. The van der Waals surface area contributed by atoms with Crippen LogP contribution in [0.15, 0.2) is 24.3 Å². The molecule has 0 spiro atoms. The summed E-state index contributed by atoms with van der Waals surface area (Å²) in [5, 5.41) is 6.40. The number of amides is 1. The van der Waals surface area contributed by atoms with Crippen LogP contribution in [0.5, 0.6) is 5.75 Å². The van der Waals surface area contributed by atoms with E-state index in [4.69, 9.17) is 4.74 Å². The van der Waals surface area contributed by atoms with E-state index in [1.165, 1.54) is 0 Å². The minimum Gasteiger partial charge on any atom is -0.494 e. The Balaban J connectivity index is 1.94. The Hall–Kier alpha value is -1.55. The van der Waals surface area contributed by atoms with Gasteiger partial charge in [-0.2, -0.15) is 0 Å². The van der Waals surface area contributed by atoms with Crippen molar-refractivity contribution in [2.45, 2.75) is 45.2 Å². The van der Waals surface area contributed by atoms with Crippen molar-refractivity contribution in [3.05, 3.63) is 29.8 Å². The van der Waals surface area contributed by atoms with E-state index < -0.39 is 0 Å². The maximum atomic E-state index is 12.4. The van der Waals surface area contributed by atoms with Crippen LogP contribution >= 0.6 is 0 Å². The van der Waals surface area contributed by atoms with Crippen molar-refractivity contribution in [1.82, 2.24) is 10.6 Å². The van der Waals surface area contributed by atoms with Gasteiger partial charge in [0.05, 0.1) is 12.1 Å². The molecular formula is C16H24N2O2. The minimum atomic E-state index is -0.364. The summed E-state index contributed by atoms with van der Waals surface area (Å²) in [7, 11) is 0. The highest BCUT2D eigenvalue weighted by atomic mass is 16.5. The number of nitrogens with one attached hydrogen (secondary N) is 2. The fourth-order valence-electron chi connectivity index (χ4n) is 2.73. The summed E-state index contributed by atoms with van der Waals surface area (Å²) >= 11 is 0. The van der Waals surface area contributed by atoms with Crippen LogP contribution in [0, 0.1) is 0 Å². The summed E-state index contributed by atoms with van der Waals surface area (Å²) in [6.07, 6.45) is 2.83. The van der Waals surface area contributed by atoms with E-state index >= 15 is 0 Å². The van der Waals surface area contributed by atoms with Crippen LogP contribution in [0.3, 0.4) is 0 Å². The van der Waals surface area contributed by atoms with E-state index in [1.54, 1.807) is 0 Å². The summed E-state index contributed by atoms with van der Waals surface area (Å²) in [6, 6.07) is 7.87. The standard InChI is InChI=1S/C16H24N2O2/c1-3-16(9-6-10-18-16)15(19)17-12-13-7-5-8-14(11-13)20-4-2/h5,7-8,11,18H,3-4,6,9-10,12H2,1-2H3,(H,17,19). The van der Waals surface area contributed by atoms with Crippen molar-refractivity contribution in [1.29, 1.82) is 0 Å². The Bertz CT molecular complexity index is 454. The van der Waals surface area contributed by atoms with Gasteiger partial charge in [-0.05, 0) is 50.4 Å². The molecule has 1 aromatic carbocycles. The van der Waals surface area contributed by atoms with Crippen LogP contribution < -0.4 is 15.4 Å². The van der Waals surface area contributed by atoms with Gasteiger partial charge in [0.2, 0.25) is 5.91 Å². The average Bonchev–Trinajstić information content (AvgIpc) is 2.96. The van der Waals surface area contributed by atoms with Crippen molar-refractivity contribution >= 4 is 5.91 Å². The zero-order valence-corrected chi connectivity index (χ0v) is 12.4. The lowest BCUT2D eigenvalue weighted by Crippen LogP contribution is -2.52. The van der Waals surface area contributed by atoms with Gasteiger partial charge in [-0.15, -0.1) is 0 Å². The third-order valence-electron chi connectivity index (χ3n) is 3.94. The molecule has 0 aromatic heterocycles. The maximum Gasteiger partial charge on any atom is 0.240 e. The first-order chi connectivity index (χ1) is 9.70. The lowest BCUT2D eigenvalue weighted by molar-refractivity contribution is -0.127. The first-order valence-electron chi connectivity index (χ1n) is 7.45. The van der Waals surface area contributed by atoms with Gasteiger partial charge in [-0.25, -0.2) is 0 Å². The van der Waals surface area contributed by atoms with Crippen LogP contribution in [0.25, 0.3) is 0 Å². The van der Waals surface area contributed by atoms with Gasteiger partial charge >= 0.3 is 0 Å². The van der Waals surface area contributed by atoms with Crippen molar-refractivity contribution in [2.75, 3.05) is 13.2 Å². The number of rotatable bonds is 6. The third kappa shape index (κ3) is 3.31. The number of hydrogen-bond acceptors (Lipinski definition) is 3. The van der Waals surface area contributed by atoms with E-state index in [1.807, 2.05) is 31.2 Å². The highest BCUT2D eigenvalue weighted by molar-refractivity contribution is 5.86. The van der Waals surface area contributed by atoms with Gasteiger partial charge in [-0.1, -0.05) is 19.1 Å². The molecule has 1 saturated heterocycles. The van der Waals surface area contributed by atoms with Gasteiger partial charge in [0.1, 0.15) is 5.75 Å². The van der Waals surface area contributed by atoms with Gasteiger partial charge in [0.15, 0.2) is 0 Å². The lowest BCUT2D eigenvalue weighted by atomic mass is 9.93. The van der Waals surface area contributed by atoms with Crippen molar-refractivity contribution in [3.63, 3.8) is 0 Å². The molecule has 0 saturated carbocycles. The van der Waals surface area contributed by atoms with Crippen LogP contribution in [-0.2, 0) is 11.3 Å². The monoisotopic (exact) mass is 276 g/mol. The van der Waals surface area contributed by atoms with Crippen LogP contribution in [0.2, 0.25) is 0 Å². The summed E-state index contributed by atoms with van der Waals surface area (Å²) in [5.41, 5.74) is 0.700. The minimum absolute atomic E-state index is 0.110. The largest absolute Gasteiger partial charge is 0.494 e. The van der Waals surface area contributed by atoms with Gasteiger partial charge in [0.25, 0.3) is 0 Å². The van der Waals surface area contributed by atoms with Gasteiger partial charge in [0, 0.05) is 6.54 Å². The average molecular weight is 276 g/mol. The van der Waals surface area contributed by atoms with Crippen molar-refractivity contribution in [2.24, 2.45) is 0 Å². The van der Waals surface area contributed by atoms with Gasteiger partial charge in [-0.3, -0.25) is 4.79 Å². The number of carbonyl (C=O) groups is 1. The predicted octanol–water partition coefficient (Wildman–Crippen LogP) is 2.23. The number of carbonyl (C=O) groups excluding carboxylic acids is 1. The molecule has 1 aliphatic rings. The molecule has 1 atom stereocenters. The predicted molar refractivity (Wildman–Crippen MR) is 79.7 cm³/mol. The van der Waals surface area contributed by atoms with E-state index in [9.17, 15) is 4.79 Å². The molecule has 1 unspecified atom stereocenters. The van der Waals surface area contributed by atoms with E-state index in [-0.39, 0.29) is 11.4 Å². The molecule has 1 aromatic rings. The summed E-state index contributed by atoms with van der Waals surface area (Å²) in [4.78, 5) is 12.4. The molecule has 0 bridgehead atoms. The summed E-state index contributed by atoms with van der Waals surface area (Å²) < 4.78 is 5.47. The molecule has 0 aliphatic carbocycles. The van der Waals surface area contributed by atoms with Crippen molar-refractivity contribution in [3.8, 4) is 5.75 Å². The Morgan fingerprint density at radius 1 is 1.45 bits per heavy atom. The molecule has 1 fully saturated rings. The van der Waals surface area contributed by atoms with Crippen LogP contribution in [-0.4, -0.2) is 24.6 Å². The Morgan fingerprint density at radius 2 is 2.30 bits per heavy atom. The smallest absolute Gasteiger partial charge is 0.240 e. The highest BCUT2D eigenvalue weighted by Crippen LogP contribution is 2.23. The second-order valence-corrected chi connectivity index (χ2v) is 5.23. The topological polar surface area (TPSA) is 50.4 Å². The fourth-order valence-corrected chi connectivity index (χ4v) is 2.73. The fraction of sp³-hybridized carbons (Fsp3) is 0.562. The number of hydrogen-bond donors (Lipinski definition) is 2.